The molecule has 0 saturated carbocycles. The molecule has 1 nitrogen and oxygen atoms in total. The van der Waals surface area contributed by atoms with Crippen LogP contribution in [-0.2, 0) is 4.79 Å². The van der Waals surface area contributed by atoms with E-state index in [1.54, 1.807) is 18.7 Å². The third kappa shape index (κ3) is 4.14. The second-order valence-corrected chi connectivity index (χ2v) is 10.7. The Morgan fingerprint density at radius 2 is 1.89 bits per heavy atom. The summed E-state index contributed by atoms with van der Waals surface area (Å²) in [6.45, 7) is 8.53. The molecule has 0 N–H and O–H groups in total. The lowest BCUT2D eigenvalue weighted by molar-refractivity contribution is -0.114. The smallest absolute Gasteiger partial charge is 0.140 e. The molecule has 0 aromatic heterocycles. The van der Waals surface area contributed by atoms with Crippen LogP contribution in [0.1, 0.15) is 20.3 Å². The van der Waals surface area contributed by atoms with Gasteiger partial charge in [-0.2, -0.15) is 0 Å². The Morgan fingerprint density at radius 3 is 2.39 bits per heavy atom. The first-order valence-electron chi connectivity index (χ1n) is 6.37. The maximum Gasteiger partial charge on any atom is 0.140 e. The first kappa shape index (κ1) is 15.3. The summed E-state index contributed by atoms with van der Waals surface area (Å²) in [7, 11) is -1.62. The maximum absolute atomic E-state index is 11.2. The molecule has 0 aliphatic heterocycles. The highest BCUT2D eigenvalue weighted by Gasteiger charge is 2.28. The first-order chi connectivity index (χ1) is 8.48. The molecule has 0 bridgehead atoms. The number of carbonyl (C=O) groups is 1. The molecular weight excluding hydrogens is 256 g/mol. The normalized spacial score (nSPS) is 12.6. The van der Waals surface area contributed by atoms with Gasteiger partial charge in [-0.1, -0.05) is 61.6 Å². The van der Waals surface area contributed by atoms with Gasteiger partial charge in [0.2, 0.25) is 0 Å². The van der Waals surface area contributed by atoms with Crippen molar-refractivity contribution in [3.8, 4) is 0 Å². The van der Waals surface area contributed by atoms with Crippen LogP contribution in [0.5, 0.6) is 0 Å². The van der Waals surface area contributed by atoms with Crippen molar-refractivity contribution in [2.24, 2.45) is 0 Å². The number of Topliss-reactive ketones (excluding diaryl/α,β-unsaturated/α-hetero) is 1. The van der Waals surface area contributed by atoms with Crippen LogP contribution in [0, 0.1) is 0 Å². The number of hydrogen-bond acceptors (Lipinski definition) is 2. The summed E-state index contributed by atoms with van der Waals surface area (Å²) in [5.41, 5.74) is 0. The number of rotatable bonds is 6. The van der Waals surface area contributed by atoms with E-state index < -0.39 is 8.07 Å². The fraction of sp³-hybridized carbons (Fsp3) is 0.400. The molecule has 18 heavy (non-hydrogen) atoms. The van der Waals surface area contributed by atoms with Gasteiger partial charge in [0.1, 0.15) is 13.9 Å². The topological polar surface area (TPSA) is 17.1 Å². The second kappa shape index (κ2) is 6.95. The van der Waals surface area contributed by atoms with Crippen molar-refractivity contribution in [3.63, 3.8) is 0 Å². The van der Waals surface area contributed by atoms with E-state index in [0.717, 1.165) is 6.42 Å². The fourth-order valence-electron chi connectivity index (χ4n) is 1.86. The molecule has 0 fully saturated rings. The molecule has 1 aromatic rings. The molecule has 0 saturated heterocycles. The molecule has 0 aliphatic rings. The average Bonchev–Trinajstić information content (AvgIpc) is 2.35. The van der Waals surface area contributed by atoms with Crippen molar-refractivity contribution in [3.05, 3.63) is 40.9 Å². The van der Waals surface area contributed by atoms with Crippen LogP contribution in [0.25, 0.3) is 0 Å². The van der Waals surface area contributed by atoms with E-state index >= 15 is 0 Å². The van der Waals surface area contributed by atoms with Gasteiger partial charge in [-0.25, -0.2) is 0 Å². The van der Waals surface area contributed by atoms with Gasteiger partial charge < -0.3 is 0 Å². The summed E-state index contributed by atoms with van der Waals surface area (Å²) in [6.07, 6.45) is 3.33. The van der Waals surface area contributed by atoms with Gasteiger partial charge in [-0.3, -0.25) is 4.79 Å². The van der Waals surface area contributed by atoms with Crippen molar-refractivity contribution in [2.45, 2.75) is 33.4 Å². The summed E-state index contributed by atoms with van der Waals surface area (Å²) < 4.78 is 1.42. The largest absolute Gasteiger partial charge is 0.299 e. The van der Waals surface area contributed by atoms with Crippen molar-refractivity contribution in [1.82, 2.24) is 0 Å². The Bertz CT molecular complexity index is 423. The molecule has 0 radical (unpaired) electrons. The van der Waals surface area contributed by atoms with Crippen LogP contribution in [0.2, 0.25) is 13.1 Å². The number of hydrogen-bond donors (Lipinski definition) is 0. The standard InChI is InChI=1S/C15H22OSSi/c1-5-9-15(17-12-13(2)16)18(3,4)14-10-7-6-8-11-14/h6-11H,5,12H2,1-4H3/b15-9+. The number of carbonyl (C=O) groups excluding carboxylic acids is 1. The molecule has 1 aromatic carbocycles. The number of allylic oxidation sites excluding steroid dienone is 1. The lowest BCUT2D eigenvalue weighted by atomic mass is 10.4. The van der Waals surface area contributed by atoms with Gasteiger partial charge in [0.25, 0.3) is 0 Å². The zero-order chi connectivity index (χ0) is 13.6. The van der Waals surface area contributed by atoms with Crippen molar-refractivity contribution >= 4 is 30.8 Å². The molecule has 0 unspecified atom stereocenters. The molecular formula is C15H22OSSi. The third-order valence-corrected chi connectivity index (χ3v) is 9.14. The number of thioether (sulfide) groups is 1. The minimum absolute atomic E-state index is 0.250. The Kier molecular flexibility index (Phi) is 5.89. The van der Waals surface area contributed by atoms with Crippen molar-refractivity contribution < 1.29 is 4.79 Å². The van der Waals surface area contributed by atoms with Crippen molar-refractivity contribution in [1.29, 1.82) is 0 Å². The van der Waals surface area contributed by atoms with Crippen LogP contribution in [-0.4, -0.2) is 19.6 Å². The Hall–Kier alpha value is -0.803. The summed E-state index contributed by atoms with van der Waals surface area (Å²) in [5.74, 6) is 0.842. The zero-order valence-corrected chi connectivity index (χ0v) is 13.5. The highest BCUT2D eigenvalue weighted by molar-refractivity contribution is 8.06. The number of benzene rings is 1. The van der Waals surface area contributed by atoms with E-state index in [2.05, 4.69) is 56.4 Å². The van der Waals surface area contributed by atoms with E-state index in [-0.39, 0.29) is 5.78 Å². The third-order valence-electron chi connectivity index (χ3n) is 2.93. The first-order valence-corrected chi connectivity index (χ1v) is 10.4. The van der Waals surface area contributed by atoms with E-state index in [9.17, 15) is 4.79 Å². The molecule has 3 heteroatoms. The van der Waals surface area contributed by atoms with Crippen LogP contribution in [0.4, 0.5) is 0 Å². The summed E-state index contributed by atoms with van der Waals surface area (Å²) in [4.78, 5) is 11.2. The molecule has 98 valence electrons. The molecule has 0 amide bonds. The van der Waals surface area contributed by atoms with Gasteiger partial charge in [-0.05, 0) is 17.9 Å². The van der Waals surface area contributed by atoms with E-state index in [1.165, 1.54) is 9.72 Å². The van der Waals surface area contributed by atoms with Gasteiger partial charge in [0, 0.05) is 0 Å². The SMILES string of the molecule is CC/C=C(\SCC(C)=O)[Si](C)(C)c1ccccc1. The van der Waals surface area contributed by atoms with Gasteiger partial charge in [0.05, 0.1) is 5.75 Å². The van der Waals surface area contributed by atoms with Gasteiger partial charge >= 0.3 is 0 Å². The van der Waals surface area contributed by atoms with Gasteiger partial charge in [0.15, 0.2) is 0 Å². The molecule has 1 rings (SSSR count). The van der Waals surface area contributed by atoms with E-state index in [1.807, 2.05) is 0 Å². The highest BCUT2D eigenvalue weighted by Crippen LogP contribution is 2.27. The minimum Gasteiger partial charge on any atom is -0.299 e. The summed E-state index contributed by atoms with van der Waals surface area (Å²) in [6, 6.07) is 10.7. The lowest BCUT2D eigenvalue weighted by Gasteiger charge is -2.26. The van der Waals surface area contributed by atoms with E-state index in [0.29, 0.717) is 5.75 Å². The predicted octanol–water partition coefficient (Wildman–Crippen LogP) is 3.76. The van der Waals surface area contributed by atoms with Crippen LogP contribution >= 0.6 is 11.8 Å². The maximum atomic E-state index is 11.2. The fourth-order valence-corrected chi connectivity index (χ4v) is 6.54. The van der Waals surface area contributed by atoms with Gasteiger partial charge in [-0.15, -0.1) is 11.8 Å². The van der Waals surface area contributed by atoms with Crippen LogP contribution < -0.4 is 5.19 Å². The zero-order valence-electron chi connectivity index (χ0n) is 11.7. The molecule has 0 atom stereocenters. The minimum atomic E-state index is -1.62. The highest BCUT2D eigenvalue weighted by atomic mass is 32.2. The number of ketones is 1. The molecule has 0 heterocycles. The quantitative estimate of drug-likeness (QED) is 0.737. The lowest BCUT2D eigenvalue weighted by Crippen LogP contribution is -2.43. The summed E-state index contributed by atoms with van der Waals surface area (Å²) >= 11 is 1.73. The Balaban J connectivity index is 2.97. The second-order valence-electron chi connectivity index (χ2n) is 4.96. The Morgan fingerprint density at radius 1 is 1.28 bits per heavy atom. The van der Waals surface area contributed by atoms with Crippen LogP contribution in [0.15, 0.2) is 40.9 Å². The molecule has 0 spiro atoms. The van der Waals surface area contributed by atoms with E-state index in [4.69, 9.17) is 0 Å². The molecule has 0 aliphatic carbocycles. The van der Waals surface area contributed by atoms with Crippen LogP contribution in [0.3, 0.4) is 0 Å². The summed E-state index contributed by atoms with van der Waals surface area (Å²) in [5, 5.41) is 1.43. The monoisotopic (exact) mass is 278 g/mol. The average molecular weight is 278 g/mol. The van der Waals surface area contributed by atoms with Crippen molar-refractivity contribution in [2.75, 3.05) is 5.75 Å². The predicted molar refractivity (Wildman–Crippen MR) is 85.1 cm³/mol. The Labute approximate surface area is 116 Å².